The van der Waals surface area contributed by atoms with Crippen LogP contribution in [0.3, 0.4) is 0 Å². The van der Waals surface area contributed by atoms with Crippen molar-refractivity contribution in [2.24, 2.45) is 5.92 Å². The third-order valence-electron chi connectivity index (χ3n) is 5.53. The van der Waals surface area contributed by atoms with Crippen molar-refractivity contribution in [3.63, 3.8) is 0 Å². The number of para-hydroxylation sites is 3. The van der Waals surface area contributed by atoms with Crippen molar-refractivity contribution in [2.45, 2.75) is 26.0 Å². The van der Waals surface area contributed by atoms with Gasteiger partial charge in [-0.3, -0.25) is 9.59 Å². The lowest BCUT2D eigenvalue weighted by Crippen LogP contribution is -2.21. The quantitative estimate of drug-likeness (QED) is 0.419. The first-order valence-corrected chi connectivity index (χ1v) is 11.0. The normalized spacial score (nSPS) is 13.0. The Morgan fingerprint density at radius 3 is 2.27 bits per heavy atom. The highest BCUT2D eigenvalue weighted by atomic mass is 16.5. The minimum Gasteiger partial charge on any atom is -0.486 e. The molecule has 2 N–H and O–H groups in total. The summed E-state index contributed by atoms with van der Waals surface area (Å²) in [6.45, 7) is 0.357. The summed E-state index contributed by atoms with van der Waals surface area (Å²) in [5, 5.41) is 5.82. The molecule has 3 aromatic carbocycles. The molecule has 33 heavy (non-hydrogen) atoms. The fourth-order valence-corrected chi connectivity index (χ4v) is 3.65. The van der Waals surface area contributed by atoms with Gasteiger partial charge in [0.05, 0.1) is 11.0 Å². The molecule has 0 saturated heterocycles. The monoisotopic (exact) mass is 440 g/mol. The highest BCUT2D eigenvalue weighted by Crippen LogP contribution is 2.30. The average molecular weight is 441 g/mol. The van der Waals surface area contributed by atoms with Crippen LogP contribution in [0, 0.1) is 5.92 Å². The molecular formula is C26H24N4O3. The molecule has 0 spiro atoms. The number of hydrogen-bond donors (Lipinski definition) is 2. The molecule has 0 aliphatic heterocycles. The number of fused-ring (bicyclic) bond motifs is 1. The van der Waals surface area contributed by atoms with Gasteiger partial charge in [-0.05, 0) is 61.4 Å². The van der Waals surface area contributed by atoms with E-state index in [1.807, 2.05) is 59.2 Å². The number of imidazole rings is 1. The summed E-state index contributed by atoms with van der Waals surface area (Å²) in [5.41, 5.74) is 3.08. The number of carbonyl (C=O) groups is 2. The summed E-state index contributed by atoms with van der Waals surface area (Å²) in [4.78, 5) is 29.4. The summed E-state index contributed by atoms with van der Waals surface area (Å²) in [5.74, 6) is 1.45. The topological polar surface area (TPSA) is 85.2 Å². The predicted octanol–water partition coefficient (Wildman–Crippen LogP) is 4.60. The van der Waals surface area contributed by atoms with Crippen molar-refractivity contribution in [2.75, 3.05) is 10.6 Å². The van der Waals surface area contributed by atoms with E-state index in [-0.39, 0.29) is 30.9 Å². The van der Waals surface area contributed by atoms with Crippen molar-refractivity contribution in [1.82, 2.24) is 9.55 Å². The van der Waals surface area contributed by atoms with Gasteiger partial charge in [-0.1, -0.05) is 30.3 Å². The van der Waals surface area contributed by atoms with E-state index in [0.29, 0.717) is 11.5 Å². The fraction of sp³-hybridized carbons (Fsp3) is 0.192. The second-order valence-corrected chi connectivity index (χ2v) is 8.09. The molecule has 7 heteroatoms. The van der Waals surface area contributed by atoms with E-state index in [4.69, 9.17) is 4.74 Å². The summed E-state index contributed by atoms with van der Waals surface area (Å²) in [6, 6.07) is 24.4. The van der Waals surface area contributed by atoms with Crippen molar-refractivity contribution in [3.8, 4) is 5.75 Å². The number of nitrogens with zero attached hydrogens (tertiary/aromatic N) is 2. The molecule has 5 rings (SSSR count). The van der Waals surface area contributed by atoms with Crippen LogP contribution in [0.25, 0.3) is 11.0 Å². The van der Waals surface area contributed by atoms with Gasteiger partial charge < -0.3 is 19.9 Å². The molecule has 0 unspecified atom stereocenters. The van der Waals surface area contributed by atoms with Crippen LogP contribution >= 0.6 is 0 Å². The zero-order valence-electron chi connectivity index (χ0n) is 18.0. The minimum atomic E-state index is -0.172. The molecule has 1 saturated carbocycles. The third-order valence-corrected chi connectivity index (χ3v) is 5.53. The van der Waals surface area contributed by atoms with Crippen LogP contribution in [0.4, 0.5) is 11.4 Å². The number of amides is 2. The Labute approximate surface area is 191 Å². The van der Waals surface area contributed by atoms with Crippen LogP contribution in [-0.4, -0.2) is 21.4 Å². The van der Waals surface area contributed by atoms with Crippen molar-refractivity contribution in [3.05, 3.63) is 84.7 Å². The Bertz CT molecular complexity index is 1280. The number of nitrogens with one attached hydrogen (secondary N) is 2. The van der Waals surface area contributed by atoms with Gasteiger partial charge >= 0.3 is 0 Å². The van der Waals surface area contributed by atoms with Crippen LogP contribution in [0.5, 0.6) is 5.75 Å². The number of hydrogen-bond acceptors (Lipinski definition) is 4. The minimum absolute atomic E-state index is 0.0593. The molecular weight excluding hydrogens is 416 g/mol. The van der Waals surface area contributed by atoms with Crippen LogP contribution in [0.2, 0.25) is 0 Å². The zero-order chi connectivity index (χ0) is 22.6. The first-order chi connectivity index (χ1) is 16.2. The lowest BCUT2D eigenvalue weighted by Gasteiger charge is -2.12. The van der Waals surface area contributed by atoms with Crippen molar-refractivity contribution >= 4 is 34.2 Å². The molecule has 1 aliphatic carbocycles. The molecule has 1 fully saturated rings. The third kappa shape index (κ3) is 5.03. The first kappa shape index (κ1) is 20.8. The van der Waals surface area contributed by atoms with E-state index in [1.165, 1.54) is 0 Å². The number of ether oxygens (including phenoxy) is 1. The maximum absolute atomic E-state index is 12.8. The molecule has 0 atom stereocenters. The highest BCUT2D eigenvalue weighted by Gasteiger charge is 2.29. The Balaban J connectivity index is 1.27. The average Bonchev–Trinajstić information content (AvgIpc) is 3.63. The van der Waals surface area contributed by atoms with E-state index in [2.05, 4.69) is 15.6 Å². The van der Waals surface area contributed by atoms with E-state index in [9.17, 15) is 9.59 Å². The van der Waals surface area contributed by atoms with Gasteiger partial charge in [0.1, 0.15) is 24.7 Å². The second kappa shape index (κ2) is 9.16. The molecule has 1 aromatic heterocycles. The summed E-state index contributed by atoms with van der Waals surface area (Å²) in [7, 11) is 0. The number of benzene rings is 3. The largest absolute Gasteiger partial charge is 0.486 e. The van der Waals surface area contributed by atoms with E-state index in [0.717, 1.165) is 35.3 Å². The highest BCUT2D eigenvalue weighted by molar-refractivity contribution is 5.95. The number of carbonyl (C=O) groups excluding carboxylic acids is 2. The summed E-state index contributed by atoms with van der Waals surface area (Å²) >= 11 is 0. The lowest BCUT2D eigenvalue weighted by atomic mass is 10.2. The van der Waals surface area contributed by atoms with Crippen LogP contribution in [0.15, 0.2) is 78.9 Å². The standard InChI is InChI=1S/C26H24N4O3/c31-25(27-19-12-14-20(15-13-19)28-26(32)18-10-11-18)16-30-23-9-5-4-8-22(23)29-24(30)17-33-21-6-2-1-3-7-21/h1-9,12-15,18H,10-11,16-17H2,(H,27,31)(H,28,32). The first-order valence-electron chi connectivity index (χ1n) is 11.0. The second-order valence-electron chi connectivity index (χ2n) is 8.09. The number of rotatable bonds is 8. The zero-order valence-corrected chi connectivity index (χ0v) is 18.0. The van der Waals surface area contributed by atoms with Gasteiger partial charge in [0.15, 0.2) is 0 Å². The van der Waals surface area contributed by atoms with Crippen molar-refractivity contribution in [1.29, 1.82) is 0 Å². The smallest absolute Gasteiger partial charge is 0.244 e. The maximum Gasteiger partial charge on any atom is 0.244 e. The maximum atomic E-state index is 12.8. The van der Waals surface area contributed by atoms with Gasteiger partial charge in [-0.15, -0.1) is 0 Å². The number of anilines is 2. The van der Waals surface area contributed by atoms with Crippen LogP contribution in [-0.2, 0) is 22.7 Å². The molecule has 7 nitrogen and oxygen atoms in total. The lowest BCUT2D eigenvalue weighted by molar-refractivity contribution is -0.117. The van der Waals surface area contributed by atoms with E-state index in [1.54, 1.807) is 24.3 Å². The molecule has 0 bridgehead atoms. The Hall–Kier alpha value is -4.13. The van der Waals surface area contributed by atoms with Gasteiger partial charge in [-0.2, -0.15) is 0 Å². The fourth-order valence-electron chi connectivity index (χ4n) is 3.65. The molecule has 0 radical (unpaired) electrons. The molecule has 2 amide bonds. The van der Waals surface area contributed by atoms with Gasteiger partial charge in [0.2, 0.25) is 11.8 Å². The SMILES string of the molecule is O=C(Cn1c(COc2ccccc2)nc2ccccc21)Nc1ccc(NC(=O)C2CC2)cc1. The predicted molar refractivity (Wildman–Crippen MR) is 127 cm³/mol. The Morgan fingerprint density at radius 1 is 0.879 bits per heavy atom. The van der Waals surface area contributed by atoms with E-state index < -0.39 is 0 Å². The number of aromatic nitrogens is 2. The summed E-state index contributed by atoms with van der Waals surface area (Å²) < 4.78 is 7.75. The van der Waals surface area contributed by atoms with Crippen LogP contribution in [0.1, 0.15) is 18.7 Å². The Morgan fingerprint density at radius 2 is 1.55 bits per heavy atom. The van der Waals surface area contributed by atoms with Gasteiger partial charge in [0, 0.05) is 17.3 Å². The Kier molecular flexibility index (Phi) is 5.76. The van der Waals surface area contributed by atoms with E-state index >= 15 is 0 Å². The van der Waals surface area contributed by atoms with Crippen molar-refractivity contribution < 1.29 is 14.3 Å². The van der Waals surface area contributed by atoms with Gasteiger partial charge in [0.25, 0.3) is 0 Å². The summed E-state index contributed by atoms with van der Waals surface area (Å²) in [6.07, 6.45) is 1.92. The van der Waals surface area contributed by atoms with Crippen LogP contribution < -0.4 is 15.4 Å². The molecule has 1 aliphatic rings. The molecule has 4 aromatic rings. The molecule has 166 valence electrons. The molecule has 1 heterocycles. The van der Waals surface area contributed by atoms with Gasteiger partial charge in [-0.25, -0.2) is 4.98 Å².